The molecule has 0 bridgehead atoms. The van der Waals surface area contributed by atoms with E-state index in [2.05, 4.69) is 5.32 Å². The van der Waals surface area contributed by atoms with Gasteiger partial charge in [0.25, 0.3) is 5.91 Å². The summed E-state index contributed by atoms with van der Waals surface area (Å²) in [5.41, 5.74) is 3.13. The number of aryl methyl sites for hydroxylation is 2. The summed E-state index contributed by atoms with van der Waals surface area (Å²) in [6.45, 7) is 6.56. The van der Waals surface area contributed by atoms with Crippen LogP contribution in [0.25, 0.3) is 10.9 Å². The Labute approximate surface area is 210 Å². The van der Waals surface area contributed by atoms with E-state index in [0.717, 1.165) is 27.6 Å². The van der Waals surface area contributed by atoms with Crippen LogP contribution in [0, 0.1) is 12.8 Å². The first-order valence-corrected chi connectivity index (χ1v) is 12.0. The Hall–Kier alpha value is -3.03. The minimum Gasteiger partial charge on any atom is -0.495 e. The largest absolute Gasteiger partial charge is 0.495 e. The molecule has 4 rings (SSSR count). The van der Waals surface area contributed by atoms with Gasteiger partial charge in [-0.1, -0.05) is 49.7 Å². The number of nitrogens with zero attached hydrogens (tertiary/aromatic N) is 1. The van der Waals surface area contributed by atoms with Gasteiger partial charge >= 0.3 is 5.97 Å². The smallest absolute Gasteiger partial charge is 0.311 e. The number of aliphatic carboxylic acids is 1. The first-order valence-electron chi connectivity index (χ1n) is 11.7. The highest BCUT2D eigenvalue weighted by Crippen LogP contribution is 2.37. The van der Waals surface area contributed by atoms with Gasteiger partial charge in [-0.2, -0.15) is 0 Å². The van der Waals surface area contributed by atoms with E-state index in [1.807, 2.05) is 68.8 Å². The van der Waals surface area contributed by atoms with Gasteiger partial charge in [0, 0.05) is 31.5 Å². The van der Waals surface area contributed by atoms with Gasteiger partial charge in [-0.25, -0.2) is 0 Å². The maximum atomic E-state index is 13.5. The summed E-state index contributed by atoms with van der Waals surface area (Å²) < 4.78 is 12.9. The van der Waals surface area contributed by atoms with Gasteiger partial charge in [0.15, 0.2) is 0 Å². The zero-order valence-electron chi connectivity index (χ0n) is 20.6. The fourth-order valence-electron chi connectivity index (χ4n) is 5.02. The van der Waals surface area contributed by atoms with Crippen molar-refractivity contribution in [2.24, 2.45) is 13.0 Å². The number of carbonyl (C=O) groups is 2. The molecule has 0 radical (unpaired) electrons. The number of carboxylic acid groups (broad SMARTS) is 1. The van der Waals surface area contributed by atoms with Crippen LogP contribution >= 0.6 is 11.6 Å². The second-order valence-electron chi connectivity index (χ2n) is 9.56. The minimum absolute atomic E-state index is 0.0381. The van der Waals surface area contributed by atoms with Crippen molar-refractivity contribution in [2.75, 3.05) is 20.3 Å². The third kappa shape index (κ3) is 4.39. The summed E-state index contributed by atoms with van der Waals surface area (Å²) in [4.78, 5) is 25.3. The van der Waals surface area contributed by atoms with Gasteiger partial charge in [-0.3, -0.25) is 9.59 Å². The lowest BCUT2D eigenvalue weighted by atomic mass is 9.84. The molecule has 35 heavy (non-hydrogen) atoms. The number of aromatic nitrogens is 1. The molecule has 0 spiro atoms. The summed E-state index contributed by atoms with van der Waals surface area (Å²) in [6, 6.07) is 11.2. The Balaban J connectivity index is 1.68. The lowest BCUT2D eigenvalue weighted by molar-refractivity contribution is -0.139. The minimum atomic E-state index is -0.845. The second kappa shape index (κ2) is 9.55. The third-order valence-corrected chi connectivity index (χ3v) is 7.55. The summed E-state index contributed by atoms with van der Waals surface area (Å²) in [6.07, 6.45) is 0.618. The molecular formula is C27H31ClN2O5. The number of hydrogen-bond acceptors (Lipinski definition) is 4. The Morgan fingerprint density at radius 2 is 1.91 bits per heavy atom. The summed E-state index contributed by atoms with van der Waals surface area (Å²) >= 11 is 6.44. The van der Waals surface area contributed by atoms with Crippen LogP contribution in [0.4, 0.5) is 0 Å². The van der Waals surface area contributed by atoms with Crippen LogP contribution in [-0.4, -0.2) is 41.9 Å². The van der Waals surface area contributed by atoms with Crippen molar-refractivity contribution in [3.8, 4) is 5.75 Å². The SMILES string of the molecule is COc1cc2c(cc(C(=O)NC3(c4ccc(C(C(=O)O)C(C)C)cc4)CCOC3)n2C)c(C)c1Cl. The molecule has 2 heterocycles. The number of hydrogen-bond donors (Lipinski definition) is 2. The van der Waals surface area contributed by atoms with Crippen LogP contribution in [-0.2, 0) is 22.1 Å². The van der Waals surface area contributed by atoms with Crippen molar-refractivity contribution in [3.63, 3.8) is 0 Å². The van der Waals surface area contributed by atoms with Crippen molar-refractivity contribution in [1.82, 2.24) is 9.88 Å². The molecule has 2 atom stereocenters. The molecule has 1 saturated heterocycles. The average molecular weight is 499 g/mol. The summed E-state index contributed by atoms with van der Waals surface area (Å²) in [5.74, 6) is -1.13. The molecule has 2 N–H and O–H groups in total. The second-order valence-corrected chi connectivity index (χ2v) is 9.94. The first-order chi connectivity index (χ1) is 16.6. The Morgan fingerprint density at radius 1 is 1.23 bits per heavy atom. The van der Waals surface area contributed by atoms with Crippen molar-refractivity contribution < 1.29 is 24.2 Å². The van der Waals surface area contributed by atoms with Crippen LogP contribution in [0.3, 0.4) is 0 Å². The van der Waals surface area contributed by atoms with Gasteiger partial charge in [0.1, 0.15) is 11.4 Å². The zero-order valence-corrected chi connectivity index (χ0v) is 21.4. The van der Waals surface area contributed by atoms with Gasteiger partial charge in [-0.15, -0.1) is 0 Å². The predicted molar refractivity (Wildman–Crippen MR) is 135 cm³/mol. The molecule has 3 aromatic rings. The molecule has 1 aliphatic heterocycles. The Kier molecular flexibility index (Phi) is 6.84. The maximum Gasteiger partial charge on any atom is 0.311 e. The normalized spacial score (nSPS) is 18.7. The molecule has 1 aromatic heterocycles. The topological polar surface area (TPSA) is 89.8 Å². The third-order valence-electron chi connectivity index (χ3n) is 7.08. The molecule has 7 nitrogen and oxygen atoms in total. The fraction of sp³-hybridized carbons (Fsp3) is 0.407. The summed E-state index contributed by atoms with van der Waals surface area (Å²) in [7, 11) is 3.41. The molecule has 1 aliphatic rings. The molecule has 1 fully saturated rings. The van der Waals surface area contributed by atoms with Crippen LogP contribution < -0.4 is 10.1 Å². The Bertz CT molecular complexity index is 1270. The number of nitrogens with one attached hydrogen (secondary N) is 1. The number of carboxylic acids is 1. The number of ether oxygens (including phenoxy) is 2. The molecule has 2 aromatic carbocycles. The molecule has 1 amide bonds. The van der Waals surface area contributed by atoms with E-state index in [1.165, 1.54) is 0 Å². The van der Waals surface area contributed by atoms with Crippen LogP contribution in [0.1, 0.15) is 53.4 Å². The van der Waals surface area contributed by atoms with Crippen molar-refractivity contribution in [3.05, 3.63) is 63.8 Å². The highest BCUT2D eigenvalue weighted by molar-refractivity contribution is 6.34. The molecule has 0 aliphatic carbocycles. The number of amides is 1. The van der Waals surface area contributed by atoms with Gasteiger partial charge in [-0.05, 0) is 35.6 Å². The number of rotatable bonds is 7. The number of halogens is 1. The zero-order chi connectivity index (χ0) is 25.5. The van der Waals surface area contributed by atoms with E-state index < -0.39 is 17.4 Å². The predicted octanol–water partition coefficient (Wildman–Crippen LogP) is 5.02. The fourth-order valence-corrected chi connectivity index (χ4v) is 5.25. The first kappa shape index (κ1) is 25.1. The average Bonchev–Trinajstić information content (AvgIpc) is 3.41. The number of carbonyl (C=O) groups excluding carboxylic acids is 1. The van der Waals surface area contributed by atoms with Crippen LogP contribution in [0.2, 0.25) is 5.02 Å². The number of methoxy groups -OCH3 is 1. The van der Waals surface area contributed by atoms with Crippen LogP contribution in [0.5, 0.6) is 5.75 Å². The quantitative estimate of drug-likeness (QED) is 0.477. The number of benzene rings is 2. The van der Waals surface area contributed by atoms with Crippen molar-refractivity contribution >= 4 is 34.4 Å². The molecule has 186 valence electrons. The monoisotopic (exact) mass is 498 g/mol. The van der Waals surface area contributed by atoms with Gasteiger partial charge in [0.2, 0.25) is 0 Å². The highest BCUT2D eigenvalue weighted by atomic mass is 35.5. The van der Waals surface area contributed by atoms with Crippen molar-refractivity contribution in [1.29, 1.82) is 0 Å². The van der Waals surface area contributed by atoms with E-state index in [9.17, 15) is 14.7 Å². The molecule has 8 heteroatoms. The standard InChI is InChI=1S/C27H31ClN2O5/c1-15(2)23(26(32)33)17-6-8-18(9-7-17)27(10-11-35-14-27)29-25(31)21-12-19-16(3)24(28)22(34-5)13-20(19)30(21)4/h6-9,12-13,15,23H,10-11,14H2,1-5H3,(H,29,31)(H,32,33). The summed E-state index contributed by atoms with van der Waals surface area (Å²) in [5, 5.41) is 14.3. The van der Waals surface area contributed by atoms with E-state index in [-0.39, 0.29) is 11.8 Å². The lowest BCUT2D eigenvalue weighted by Gasteiger charge is -2.30. The molecule has 0 saturated carbocycles. The molecular weight excluding hydrogens is 468 g/mol. The molecule has 2 unspecified atom stereocenters. The van der Waals surface area contributed by atoms with Gasteiger partial charge < -0.3 is 24.5 Å². The van der Waals surface area contributed by atoms with E-state index in [1.54, 1.807) is 7.11 Å². The highest BCUT2D eigenvalue weighted by Gasteiger charge is 2.39. The number of fused-ring (bicyclic) bond motifs is 1. The van der Waals surface area contributed by atoms with E-state index in [0.29, 0.717) is 36.1 Å². The maximum absolute atomic E-state index is 13.5. The Morgan fingerprint density at radius 3 is 2.46 bits per heavy atom. The van der Waals surface area contributed by atoms with Gasteiger partial charge in [0.05, 0.1) is 35.7 Å². The van der Waals surface area contributed by atoms with E-state index >= 15 is 0 Å². The van der Waals surface area contributed by atoms with E-state index in [4.69, 9.17) is 21.1 Å². The van der Waals surface area contributed by atoms with Crippen molar-refractivity contribution in [2.45, 2.75) is 38.6 Å². The van der Waals surface area contributed by atoms with Crippen LogP contribution in [0.15, 0.2) is 36.4 Å². The lowest BCUT2D eigenvalue weighted by Crippen LogP contribution is -2.47.